The van der Waals surface area contributed by atoms with Crippen molar-refractivity contribution in [1.29, 1.82) is 5.26 Å². The van der Waals surface area contributed by atoms with Gasteiger partial charge in [-0.05, 0) is 24.5 Å². The van der Waals surface area contributed by atoms with E-state index in [9.17, 15) is 24.4 Å². The van der Waals surface area contributed by atoms with Gasteiger partial charge in [0.05, 0.1) is 34.7 Å². The van der Waals surface area contributed by atoms with Gasteiger partial charge >= 0.3 is 5.97 Å². The average Bonchev–Trinajstić information content (AvgIpc) is 2.90. The number of aliphatic carboxylic acids is 1. The van der Waals surface area contributed by atoms with Gasteiger partial charge in [0.2, 0.25) is 0 Å². The summed E-state index contributed by atoms with van der Waals surface area (Å²) in [5, 5.41) is 22.2. The van der Waals surface area contributed by atoms with Crippen molar-refractivity contribution in [3.8, 4) is 6.07 Å². The lowest BCUT2D eigenvalue weighted by Gasteiger charge is -2.37. The Morgan fingerprint density at radius 2 is 1.88 bits per heavy atom. The zero-order valence-electron chi connectivity index (χ0n) is 17.8. The van der Waals surface area contributed by atoms with E-state index in [0.29, 0.717) is 0 Å². The molecule has 0 bridgehead atoms. The summed E-state index contributed by atoms with van der Waals surface area (Å²) in [5.41, 5.74) is 0.856. The molecule has 3 amide bonds. The van der Waals surface area contributed by atoms with Gasteiger partial charge in [0.15, 0.2) is 0 Å². The standard InChI is InChI=1S/C23H24N4O5/c1-15(2)23(11-9-22(14-24,10-12-23)8-7-19(29)30)21(32)26-27-17-6-4-3-5-16(17)20(31)25-13-18(27)28/h3-6,9-12,15H,7-8,13H2,1-2H3,(H,25,31)(H,26,32)(H,29,30). The molecule has 3 N–H and O–H groups in total. The second kappa shape index (κ2) is 8.67. The number of nitrogens with one attached hydrogen (secondary N) is 2. The Labute approximate surface area is 185 Å². The van der Waals surface area contributed by atoms with Gasteiger partial charge < -0.3 is 10.4 Å². The summed E-state index contributed by atoms with van der Waals surface area (Å²) in [4.78, 5) is 49.4. The van der Waals surface area contributed by atoms with Gasteiger partial charge in [-0.25, -0.2) is 5.01 Å². The number of hydrogen-bond donors (Lipinski definition) is 3. The SMILES string of the molecule is CC(C)C1(C(=O)NN2C(=O)CNC(=O)c3ccccc32)C=CC(C#N)(CCC(=O)O)C=C1. The van der Waals surface area contributed by atoms with E-state index in [1.165, 1.54) is 0 Å². The van der Waals surface area contributed by atoms with Gasteiger partial charge in [-0.1, -0.05) is 50.3 Å². The van der Waals surface area contributed by atoms with E-state index in [1.807, 2.05) is 13.8 Å². The highest BCUT2D eigenvalue weighted by atomic mass is 16.4. The molecular weight excluding hydrogens is 412 g/mol. The number of nitrogens with zero attached hydrogens (tertiary/aromatic N) is 2. The normalized spacial score (nSPS) is 24.4. The molecular formula is C23H24N4O5. The second-order valence-corrected chi connectivity index (χ2v) is 8.17. The van der Waals surface area contributed by atoms with Crippen LogP contribution in [0.3, 0.4) is 0 Å². The molecule has 1 aromatic rings. The molecule has 1 heterocycles. The van der Waals surface area contributed by atoms with E-state index >= 15 is 0 Å². The number of hydrogen-bond acceptors (Lipinski definition) is 5. The van der Waals surface area contributed by atoms with Crippen molar-refractivity contribution in [2.24, 2.45) is 16.7 Å². The molecule has 32 heavy (non-hydrogen) atoms. The Morgan fingerprint density at radius 3 is 2.47 bits per heavy atom. The molecule has 1 aromatic carbocycles. The van der Waals surface area contributed by atoms with Gasteiger partial charge in [-0.2, -0.15) is 5.26 Å². The fourth-order valence-corrected chi connectivity index (χ4v) is 3.74. The summed E-state index contributed by atoms with van der Waals surface area (Å²) < 4.78 is 0. The highest BCUT2D eigenvalue weighted by molar-refractivity contribution is 6.10. The van der Waals surface area contributed by atoms with Crippen molar-refractivity contribution in [2.75, 3.05) is 11.6 Å². The van der Waals surface area contributed by atoms with Crippen LogP contribution in [0.25, 0.3) is 0 Å². The van der Waals surface area contributed by atoms with Crippen LogP contribution >= 0.6 is 0 Å². The van der Waals surface area contributed by atoms with Crippen LogP contribution in [0.4, 0.5) is 5.69 Å². The summed E-state index contributed by atoms with van der Waals surface area (Å²) in [5.74, 6) is -2.70. The lowest BCUT2D eigenvalue weighted by Crippen LogP contribution is -2.54. The molecule has 0 fully saturated rings. The van der Waals surface area contributed by atoms with Crippen LogP contribution in [0.1, 0.15) is 37.0 Å². The van der Waals surface area contributed by atoms with Crippen molar-refractivity contribution in [3.63, 3.8) is 0 Å². The van der Waals surface area contributed by atoms with E-state index in [4.69, 9.17) is 5.11 Å². The largest absolute Gasteiger partial charge is 0.481 e. The van der Waals surface area contributed by atoms with E-state index in [2.05, 4.69) is 16.8 Å². The first kappa shape index (κ1) is 22.7. The Morgan fingerprint density at radius 1 is 1.22 bits per heavy atom. The van der Waals surface area contributed by atoms with Gasteiger partial charge in [0.25, 0.3) is 17.7 Å². The molecule has 0 unspecified atom stereocenters. The monoisotopic (exact) mass is 436 g/mol. The topological polar surface area (TPSA) is 140 Å². The van der Waals surface area contributed by atoms with Crippen molar-refractivity contribution < 1.29 is 24.3 Å². The van der Waals surface area contributed by atoms with Crippen LogP contribution in [0, 0.1) is 28.1 Å². The number of rotatable bonds is 6. The van der Waals surface area contributed by atoms with Crippen LogP contribution in [-0.2, 0) is 14.4 Å². The first-order chi connectivity index (χ1) is 15.1. The summed E-state index contributed by atoms with van der Waals surface area (Å²) in [6, 6.07) is 8.57. The number of hydrazine groups is 1. The van der Waals surface area contributed by atoms with Crippen LogP contribution in [0.15, 0.2) is 48.6 Å². The van der Waals surface area contributed by atoms with Gasteiger partial charge in [0, 0.05) is 6.42 Å². The number of benzene rings is 1. The molecule has 0 radical (unpaired) electrons. The number of carbonyl (C=O) groups is 4. The van der Waals surface area contributed by atoms with Crippen LogP contribution in [0.5, 0.6) is 0 Å². The number of carboxylic acid groups (broad SMARTS) is 1. The summed E-state index contributed by atoms with van der Waals surface area (Å²) in [6.45, 7) is 3.38. The van der Waals surface area contributed by atoms with Crippen molar-refractivity contribution in [1.82, 2.24) is 10.7 Å². The smallest absolute Gasteiger partial charge is 0.303 e. The molecule has 166 valence electrons. The summed E-state index contributed by atoms with van der Waals surface area (Å²) in [6.07, 6.45) is 6.18. The quantitative estimate of drug-likeness (QED) is 0.582. The van der Waals surface area contributed by atoms with Crippen LogP contribution in [-0.4, -0.2) is 35.3 Å². The molecule has 0 saturated heterocycles. The zero-order valence-corrected chi connectivity index (χ0v) is 17.8. The van der Waals surface area contributed by atoms with E-state index in [1.54, 1.807) is 48.6 Å². The van der Waals surface area contributed by atoms with Gasteiger partial charge in [-0.3, -0.25) is 24.6 Å². The van der Waals surface area contributed by atoms with Crippen molar-refractivity contribution >= 4 is 29.4 Å². The number of amides is 3. The highest BCUT2D eigenvalue weighted by Crippen LogP contribution is 2.41. The van der Waals surface area contributed by atoms with Gasteiger partial charge in [0.1, 0.15) is 0 Å². The maximum absolute atomic E-state index is 13.5. The molecule has 2 aliphatic rings. The Bertz CT molecular complexity index is 1050. The highest BCUT2D eigenvalue weighted by Gasteiger charge is 2.43. The fraction of sp³-hybridized carbons (Fsp3) is 0.348. The predicted molar refractivity (Wildman–Crippen MR) is 115 cm³/mol. The summed E-state index contributed by atoms with van der Waals surface area (Å²) >= 11 is 0. The maximum atomic E-state index is 13.5. The van der Waals surface area contributed by atoms with Crippen molar-refractivity contribution in [2.45, 2.75) is 26.7 Å². The molecule has 0 saturated carbocycles. The second-order valence-electron chi connectivity index (χ2n) is 8.17. The third kappa shape index (κ3) is 4.12. The molecule has 3 rings (SSSR count). The predicted octanol–water partition coefficient (Wildman–Crippen LogP) is 1.94. The number of allylic oxidation sites excluding steroid dienone is 2. The minimum absolute atomic E-state index is 0.0768. The average molecular weight is 436 g/mol. The molecule has 1 aliphatic carbocycles. The number of carboxylic acids is 1. The van der Waals surface area contributed by atoms with E-state index < -0.39 is 34.5 Å². The maximum Gasteiger partial charge on any atom is 0.303 e. The molecule has 9 nitrogen and oxygen atoms in total. The van der Waals surface area contributed by atoms with Crippen LogP contribution < -0.4 is 15.8 Å². The molecule has 0 atom stereocenters. The van der Waals surface area contributed by atoms with Crippen molar-refractivity contribution in [3.05, 3.63) is 54.1 Å². The minimum Gasteiger partial charge on any atom is -0.481 e. The molecule has 9 heteroatoms. The summed E-state index contributed by atoms with van der Waals surface area (Å²) in [7, 11) is 0. The molecule has 0 aromatic heterocycles. The Hall–Kier alpha value is -3.93. The first-order valence-corrected chi connectivity index (χ1v) is 10.2. The number of anilines is 1. The third-order valence-electron chi connectivity index (χ3n) is 5.87. The Kier molecular flexibility index (Phi) is 6.16. The molecule has 0 spiro atoms. The fourth-order valence-electron chi connectivity index (χ4n) is 3.74. The number of nitriles is 1. The first-order valence-electron chi connectivity index (χ1n) is 10.2. The minimum atomic E-state index is -1.18. The zero-order chi connectivity index (χ0) is 23.5. The van der Waals surface area contributed by atoms with E-state index in [0.717, 1.165) is 5.01 Å². The lowest BCUT2D eigenvalue weighted by atomic mass is 9.68. The number of fused-ring (bicyclic) bond motifs is 1. The van der Waals surface area contributed by atoms with Gasteiger partial charge in [-0.15, -0.1) is 0 Å². The number of para-hydroxylation sites is 1. The number of carbonyl (C=O) groups excluding carboxylic acids is 3. The third-order valence-corrected chi connectivity index (χ3v) is 5.87. The lowest BCUT2D eigenvalue weighted by molar-refractivity contribution is -0.137. The molecule has 1 aliphatic heterocycles. The van der Waals surface area contributed by atoms with E-state index in [-0.39, 0.29) is 36.6 Å². The van der Waals surface area contributed by atoms with Crippen LogP contribution in [0.2, 0.25) is 0 Å². The Balaban J connectivity index is 1.92.